The van der Waals surface area contributed by atoms with Crippen LogP contribution >= 0.6 is 0 Å². The van der Waals surface area contributed by atoms with Gasteiger partial charge in [0.05, 0.1) is 4.90 Å². The molecule has 25 heavy (non-hydrogen) atoms. The first-order valence-corrected chi connectivity index (χ1v) is 10.4. The highest BCUT2D eigenvalue weighted by Crippen LogP contribution is 2.24. The lowest BCUT2D eigenvalue weighted by Gasteiger charge is -2.26. The van der Waals surface area contributed by atoms with Crippen molar-refractivity contribution in [2.75, 3.05) is 13.1 Å². The normalized spacial score (nSPS) is 17.1. The van der Waals surface area contributed by atoms with E-state index >= 15 is 0 Å². The Morgan fingerprint density at radius 3 is 2.04 bits per heavy atom. The van der Waals surface area contributed by atoms with Gasteiger partial charge in [0.1, 0.15) is 6.04 Å². The maximum Gasteiger partial charge on any atom is 0.241 e. The molecule has 1 saturated heterocycles. The average molecular weight is 367 g/mol. The molecule has 0 unspecified atom stereocenters. The fourth-order valence-corrected chi connectivity index (χ4v) is 4.31. The third-order valence-electron chi connectivity index (χ3n) is 4.66. The van der Waals surface area contributed by atoms with Crippen LogP contribution in [0.5, 0.6) is 0 Å². The van der Waals surface area contributed by atoms with Gasteiger partial charge in [-0.05, 0) is 41.9 Å². The second-order valence-corrected chi connectivity index (χ2v) is 9.86. The summed E-state index contributed by atoms with van der Waals surface area (Å²) in [5.41, 5.74) is 1.03. The minimum Gasteiger partial charge on any atom is -0.341 e. The molecular formula is C19H30N2O3S. The lowest BCUT2D eigenvalue weighted by atomic mass is 9.87. The molecule has 0 radical (unpaired) electrons. The zero-order chi connectivity index (χ0) is 18.8. The van der Waals surface area contributed by atoms with Crippen LogP contribution in [-0.4, -0.2) is 38.4 Å². The molecule has 1 heterocycles. The summed E-state index contributed by atoms with van der Waals surface area (Å²) in [5.74, 6) is -0.237. The van der Waals surface area contributed by atoms with Crippen LogP contribution < -0.4 is 4.72 Å². The van der Waals surface area contributed by atoms with Crippen molar-refractivity contribution in [3.63, 3.8) is 0 Å². The minimum atomic E-state index is -3.74. The monoisotopic (exact) mass is 366 g/mol. The Bertz CT molecular complexity index is 697. The molecule has 1 aliphatic rings. The summed E-state index contributed by atoms with van der Waals surface area (Å²) in [6.45, 7) is 11.4. The topological polar surface area (TPSA) is 66.5 Å². The van der Waals surface area contributed by atoms with Gasteiger partial charge in [0.15, 0.2) is 0 Å². The maximum atomic E-state index is 12.7. The number of hydrogen-bond acceptors (Lipinski definition) is 3. The molecule has 1 aromatic rings. The number of carbonyl (C=O) groups excluding carboxylic acids is 1. The molecule has 0 spiro atoms. The smallest absolute Gasteiger partial charge is 0.241 e. The fraction of sp³-hybridized carbons (Fsp3) is 0.632. The molecule has 1 atom stereocenters. The van der Waals surface area contributed by atoms with Crippen LogP contribution in [0.4, 0.5) is 0 Å². The number of amides is 1. The Morgan fingerprint density at radius 1 is 1.08 bits per heavy atom. The molecule has 2 rings (SSSR count). The van der Waals surface area contributed by atoms with Gasteiger partial charge in [0, 0.05) is 13.1 Å². The van der Waals surface area contributed by atoms with Crippen LogP contribution in [0.2, 0.25) is 0 Å². The van der Waals surface area contributed by atoms with E-state index in [0.717, 1.165) is 18.4 Å². The summed E-state index contributed by atoms with van der Waals surface area (Å²) in [6.07, 6.45) is 1.97. The van der Waals surface area contributed by atoms with Crippen molar-refractivity contribution < 1.29 is 13.2 Å². The van der Waals surface area contributed by atoms with E-state index in [1.165, 1.54) is 0 Å². The number of nitrogens with one attached hydrogen (secondary N) is 1. The molecular weight excluding hydrogens is 336 g/mol. The highest BCUT2D eigenvalue weighted by Gasteiger charge is 2.32. The van der Waals surface area contributed by atoms with E-state index < -0.39 is 16.1 Å². The van der Waals surface area contributed by atoms with E-state index in [4.69, 9.17) is 0 Å². The van der Waals surface area contributed by atoms with Gasteiger partial charge in [-0.2, -0.15) is 4.72 Å². The predicted octanol–water partition coefficient (Wildman–Crippen LogP) is 2.91. The van der Waals surface area contributed by atoms with Gasteiger partial charge in [-0.25, -0.2) is 8.42 Å². The predicted molar refractivity (Wildman–Crippen MR) is 99.9 cm³/mol. The highest BCUT2D eigenvalue weighted by molar-refractivity contribution is 7.89. The fourth-order valence-electron chi connectivity index (χ4n) is 2.98. The summed E-state index contributed by atoms with van der Waals surface area (Å²) < 4.78 is 28.1. The van der Waals surface area contributed by atoms with Crippen molar-refractivity contribution in [1.82, 2.24) is 9.62 Å². The minimum absolute atomic E-state index is 0.0398. The van der Waals surface area contributed by atoms with Crippen LogP contribution in [0.25, 0.3) is 0 Å². The van der Waals surface area contributed by atoms with Crippen LogP contribution in [-0.2, 0) is 20.2 Å². The number of hydrogen-bond donors (Lipinski definition) is 1. The number of rotatable bonds is 5. The van der Waals surface area contributed by atoms with Crippen molar-refractivity contribution in [1.29, 1.82) is 0 Å². The Kier molecular flexibility index (Phi) is 5.94. The van der Waals surface area contributed by atoms with E-state index in [2.05, 4.69) is 25.5 Å². The molecule has 1 N–H and O–H groups in total. The number of sulfonamides is 1. The lowest BCUT2D eigenvalue weighted by molar-refractivity contribution is -0.132. The van der Waals surface area contributed by atoms with Crippen LogP contribution in [0, 0.1) is 5.92 Å². The highest BCUT2D eigenvalue weighted by atomic mass is 32.2. The Morgan fingerprint density at radius 2 is 1.60 bits per heavy atom. The molecule has 0 aromatic heterocycles. The van der Waals surface area contributed by atoms with Crippen LogP contribution in [0.3, 0.4) is 0 Å². The van der Waals surface area contributed by atoms with Gasteiger partial charge < -0.3 is 4.90 Å². The Hall–Kier alpha value is -1.40. The van der Waals surface area contributed by atoms with E-state index in [0.29, 0.717) is 13.1 Å². The second kappa shape index (κ2) is 7.46. The molecule has 0 bridgehead atoms. The summed E-state index contributed by atoms with van der Waals surface area (Å²) >= 11 is 0. The van der Waals surface area contributed by atoms with Crippen molar-refractivity contribution in [2.45, 2.75) is 63.8 Å². The van der Waals surface area contributed by atoms with Gasteiger partial charge in [0.2, 0.25) is 15.9 Å². The summed E-state index contributed by atoms with van der Waals surface area (Å²) in [5, 5.41) is 0. The summed E-state index contributed by atoms with van der Waals surface area (Å²) in [7, 11) is -3.74. The van der Waals surface area contributed by atoms with Gasteiger partial charge in [-0.1, -0.05) is 46.8 Å². The lowest BCUT2D eigenvalue weighted by Crippen LogP contribution is -2.50. The maximum absolute atomic E-state index is 12.7. The van der Waals surface area contributed by atoms with E-state index in [-0.39, 0.29) is 22.1 Å². The quantitative estimate of drug-likeness (QED) is 0.871. The number of nitrogens with zero attached hydrogens (tertiary/aromatic N) is 1. The molecule has 0 aliphatic carbocycles. The van der Waals surface area contributed by atoms with E-state index in [1.807, 2.05) is 26.0 Å². The summed E-state index contributed by atoms with van der Waals surface area (Å²) in [4.78, 5) is 14.6. The summed E-state index contributed by atoms with van der Waals surface area (Å²) in [6, 6.07) is 6.16. The second-order valence-electron chi connectivity index (χ2n) is 8.15. The van der Waals surface area contributed by atoms with Gasteiger partial charge >= 0.3 is 0 Å². The Balaban J connectivity index is 2.21. The third-order valence-corrected chi connectivity index (χ3v) is 6.12. The molecule has 1 aromatic carbocycles. The van der Waals surface area contributed by atoms with Crippen LogP contribution in [0.1, 0.15) is 53.0 Å². The zero-order valence-corrected chi connectivity index (χ0v) is 16.7. The van der Waals surface area contributed by atoms with Gasteiger partial charge in [-0.3, -0.25) is 4.79 Å². The third kappa shape index (κ3) is 4.82. The molecule has 5 nitrogen and oxygen atoms in total. The number of benzene rings is 1. The molecule has 6 heteroatoms. The first-order chi connectivity index (χ1) is 11.5. The first-order valence-electron chi connectivity index (χ1n) is 8.94. The number of carbonyl (C=O) groups is 1. The number of likely N-dealkylation sites (tertiary alicyclic amines) is 1. The molecule has 1 fully saturated rings. The van der Waals surface area contributed by atoms with E-state index in [1.54, 1.807) is 17.0 Å². The Labute approximate surface area is 151 Å². The van der Waals surface area contributed by atoms with E-state index in [9.17, 15) is 13.2 Å². The molecule has 1 amide bonds. The largest absolute Gasteiger partial charge is 0.341 e. The van der Waals surface area contributed by atoms with Crippen molar-refractivity contribution in [3.05, 3.63) is 29.8 Å². The average Bonchev–Trinajstić information content (AvgIpc) is 3.05. The van der Waals surface area contributed by atoms with Crippen LogP contribution in [0.15, 0.2) is 29.2 Å². The molecule has 0 saturated carbocycles. The SMILES string of the molecule is CC(C)[C@@H](NS(=O)(=O)c1ccc(C(C)(C)C)cc1)C(=O)N1CCCC1. The van der Waals surface area contributed by atoms with Crippen molar-refractivity contribution in [3.8, 4) is 0 Å². The standard InChI is InChI=1S/C19H30N2O3S/c1-14(2)17(18(22)21-12-6-7-13-21)20-25(23,24)16-10-8-15(9-11-16)19(3,4)5/h8-11,14,17,20H,6-7,12-13H2,1-5H3/t17-/m1/s1. The van der Waals surface area contributed by atoms with Crippen molar-refractivity contribution >= 4 is 15.9 Å². The zero-order valence-electron chi connectivity index (χ0n) is 15.9. The van der Waals surface area contributed by atoms with Crippen molar-refractivity contribution in [2.24, 2.45) is 5.92 Å². The molecule has 140 valence electrons. The van der Waals surface area contributed by atoms with Gasteiger partial charge in [-0.15, -0.1) is 0 Å². The van der Waals surface area contributed by atoms with Gasteiger partial charge in [0.25, 0.3) is 0 Å². The first kappa shape index (κ1) is 19.9. The molecule has 1 aliphatic heterocycles.